The first-order chi connectivity index (χ1) is 9.81. The average molecular weight is 300 g/mol. The molecular formula is C17H14ClNO2. The maximum atomic E-state index is 5.43. The number of benzene rings is 2. The first-order valence-corrected chi connectivity index (χ1v) is 6.58. The van der Waals surface area contributed by atoms with E-state index in [1.807, 2.05) is 36.4 Å². The predicted octanol–water partition coefficient (Wildman–Crippen LogP) is 4.36. The van der Waals surface area contributed by atoms with Crippen molar-refractivity contribution in [2.75, 3.05) is 6.79 Å². The molecule has 106 valence electrons. The van der Waals surface area contributed by atoms with Crippen molar-refractivity contribution in [3.63, 3.8) is 0 Å². The first-order valence-electron chi connectivity index (χ1n) is 6.58. The van der Waals surface area contributed by atoms with E-state index in [-0.39, 0.29) is 12.4 Å². The van der Waals surface area contributed by atoms with Gasteiger partial charge >= 0.3 is 0 Å². The Balaban J connectivity index is 0.00000132. The van der Waals surface area contributed by atoms with Gasteiger partial charge < -0.3 is 9.47 Å². The summed E-state index contributed by atoms with van der Waals surface area (Å²) < 4.78 is 10.8. The zero-order valence-electron chi connectivity index (χ0n) is 11.5. The van der Waals surface area contributed by atoms with Crippen LogP contribution in [0.1, 0.15) is 5.56 Å². The number of hydrogen-bond donors (Lipinski definition) is 0. The Bertz CT molecular complexity index is 817. The number of halogens is 1. The van der Waals surface area contributed by atoms with Gasteiger partial charge in [0.15, 0.2) is 11.5 Å². The minimum absolute atomic E-state index is 0. The number of aromatic nitrogens is 1. The summed E-state index contributed by atoms with van der Waals surface area (Å²) in [5, 5.41) is 1.19. The molecule has 0 amide bonds. The quantitative estimate of drug-likeness (QED) is 0.669. The fourth-order valence-electron chi connectivity index (χ4n) is 2.55. The van der Waals surface area contributed by atoms with E-state index in [4.69, 9.17) is 14.5 Å². The molecule has 0 fully saturated rings. The Hall–Kier alpha value is -2.26. The second kappa shape index (κ2) is 5.26. The number of fused-ring (bicyclic) bond motifs is 2. The first kappa shape index (κ1) is 13.7. The van der Waals surface area contributed by atoms with Crippen LogP contribution in [-0.2, 0) is 0 Å². The van der Waals surface area contributed by atoms with E-state index in [2.05, 4.69) is 19.1 Å². The minimum atomic E-state index is 0. The summed E-state index contributed by atoms with van der Waals surface area (Å²) in [6.07, 6.45) is 0. The molecule has 1 aliphatic rings. The van der Waals surface area contributed by atoms with Gasteiger partial charge in [-0.25, -0.2) is 4.98 Å². The molecule has 0 atom stereocenters. The van der Waals surface area contributed by atoms with Crippen LogP contribution >= 0.6 is 12.4 Å². The van der Waals surface area contributed by atoms with Crippen LogP contribution in [0.2, 0.25) is 0 Å². The monoisotopic (exact) mass is 299 g/mol. The van der Waals surface area contributed by atoms with Crippen LogP contribution in [-0.4, -0.2) is 11.8 Å². The highest BCUT2D eigenvalue weighted by molar-refractivity contribution is 5.85. The standard InChI is InChI=1S/C17H13NO2.ClH/c1-11-8-15(18-14-5-3-2-4-13(11)14)12-6-7-16-17(9-12)20-10-19-16;/h2-9H,10H2,1H3;1H. The van der Waals surface area contributed by atoms with Gasteiger partial charge in [-0.2, -0.15) is 0 Å². The van der Waals surface area contributed by atoms with Crippen molar-refractivity contribution in [2.45, 2.75) is 6.92 Å². The summed E-state index contributed by atoms with van der Waals surface area (Å²) in [5.74, 6) is 1.58. The third-order valence-corrected chi connectivity index (χ3v) is 3.59. The van der Waals surface area contributed by atoms with Gasteiger partial charge in [0.05, 0.1) is 11.2 Å². The number of hydrogen-bond acceptors (Lipinski definition) is 3. The van der Waals surface area contributed by atoms with Gasteiger partial charge in [-0.1, -0.05) is 18.2 Å². The topological polar surface area (TPSA) is 31.4 Å². The number of ether oxygens (including phenoxy) is 2. The number of para-hydroxylation sites is 1. The lowest BCUT2D eigenvalue weighted by Gasteiger charge is -2.07. The highest BCUT2D eigenvalue weighted by atomic mass is 35.5. The molecule has 4 heteroatoms. The fraction of sp³-hybridized carbons (Fsp3) is 0.118. The lowest BCUT2D eigenvalue weighted by Crippen LogP contribution is -1.93. The molecule has 4 rings (SSSR count). The maximum absolute atomic E-state index is 5.43. The summed E-state index contributed by atoms with van der Waals surface area (Å²) in [4.78, 5) is 4.74. The molecule has 0 aliphatic carbocycles. The van der Waals surface area contributed by atoms with Crippen LogP contribution in [0.4, 0.5) is 0 Å². The van der Waals surface area contributed by atoms with Crippen molar-refractivity contribution in [1.29, 1.82) is 0 Å². The Morgan fingerprint density at radius 1 is 0.952 bits per heavy atom. The normalized spacial score (nSPS) is 12.2. The van der Waals surface area contributed by atoms with Crippen LogP contribution in [0.5, 0.6) is 11.5 Å². The predicted molar refractivity (Wildman–Crippen MR) is 85.3 cm³/mol. The molecule has 0 spiro atoms. The van der Waals surface area contributed by atoms with E-state index in [0.717, 1.165) is 28.3 Å². The van der Waals surface area contributed by atoms with Crippen LogP contribution in [0.25, 0.3) is 22.2 Å². The fourth-order valence-corrected chi connectivity index (χ4v) is 2.55. The van der Waals surface area contributed by atoms with Crippen LogP contribution < -0.4 is 9.47 Å². The van der Waals surface area contributed by atoms with Crippen molar-refractivity contribution >= 4 is 23.3 Å². The van der Waals surface area contributed by atoms with Crippen molar-refractivity contribution in [2.24, 2.45) is 0 Å². The van der Waals surface area contributed by atoms with E-state index in [9.17, 15) is 0 Å². The SMILES string of the molecule is Cc1cc(-c2ccc3c(c2)OCO3)nc2ccccc12.Cl. The Morgan fingerprint density at radius 2 is 1.76 bits per heavy atom. The maximum Gasteiger partial charge on any atom is 0.231 e. The zero-order valence-corrected chi connectivity index (χ0v) is 12.3. The second-order valence-electron chi connectivity index (χ2n) is 4.91. The molecular weight excluding hydrogens is 286 g/mol. The molecule has 1 aliphatic heterocycles. The molecule has 0 bridgehead atoms. The van der Waals surface area contributed by atoms with E-state index in [0.29, 0.717) is 6.79 Å². The number of nitrogens with zero attached hydrogens (tertiary/aromatic N) is 1. The molecule has 0 saturated heterocycles. The van der Waals surface area contributed by atoms with E-state index < -0.39 is 0 Å². The molecule has 1 aromatic heterocycles. The molecule has 0 unspecified atom stereocenters. The Morgan fingerprint density at radius 3 is 2.67 bits per heavy atom. The van der Waals surface area contributed by atoms with Crippen molar-refractivity contribution < 1.29 is 9.47 Å². The van der Waals surface area contributed by atoms with Gasteiger partial charge in [0.2, 0.25) is 6.79 Å². The lowest BCUT2D eigenvalue weighted by molar-refractivity contribution is 0.174. The van der Waals surface area contributed by atoms with Gasteiger partial charge in [0, 0.05) is 10.9 Å². The Labute approximate surface area is 128 Å². The van der Waals surface area contributed by atoms with E-state index in [1.165, 1.54) is 10.9 Å². The summed E-state index contributed by atoms with van der Waals surface area (Å²) in [5.41, 5.74) is 4.24. The summed E-state index contributed by atoms with van der Waals surface area (Å²) in [7, 11) is 0. The largest absolute Gasteiger partial charge is 0.454 e. The summed E-state index contributed by atoms with van der Waals surface area (Å²) >= 11 is 0. The van der Waals surface area contributed by atoms with Gasteiger partial charge in [-0.15, -0.1) is 12.4 Å². The minimum Gasteiger partial charge on any atom is -0.454 e. The summed E-state index contributed by atoms with van der Waals surface area (Å²) in [6, 6.07) is 16.2. The molecule has 21 heavy (non-hydrogen) atoms. The van der Waals surface area contributed by atoms with Crippen LogP contribution in [0.15, 0.2) is 48.5 Å². The third-order valence-electron chi connectivity index (χ3n) is 3.59. The van der Waals surface area contributed by atoms with Crippen molar-refractivity contribution in [3.8, 4) is 22.8 Å². The van der Waals surface area contributed by atoms with Gasteiger partial charge in [0.1, 0.15) is 0 Å². The van der Waals surface area contributed by atoms with Crippen molar-refractivity contribution in [1.82, 2.24) is 4.98 Å². The lowest BCUT2D eigenvalue weighted by atomic mass is 10.0. The molecule has 2 aromatic carbocycles. The summed E-state index contributed by atoms with van der Waals surface area (Å²) in [6.45, 7) is 2.41. The van der Waals surface area contributed by atoms with Crippen LogP contribution in [0.3, 0.4) is 0 Å². The number of aryl methyl sites for hydroxylation is 1. The molecule has 0 N–H and O–H groups in total. The van der Waals surface area contributed by atoms with Gasteiger partial charge in [-0.05, 0) is 42.8 Å². The van der Waals surface area contributed by atoms with Gasteiger partial charge in [0.25, 0.3) is 0 Å². The second-order valence-corrected chi connectivity index (χ2v) is 4.91. The van der Waals surface area contributed by atoms with E-state index in [1.54, 1.807) is 0 Å². The van der Waals surface area contributed by atoms with Crippen LogP contribution in [0, 0.1) is 6.92 Å². The van der Waals surface area contributed by atoms with E-state index >= 15 is 0 Å². The zero-order chi connectivity index (χ0) is 13.5. The number of rotatable bonds is 1. The molecule has 0 radical (unpaired) electrons. The molecule has 2 heterocycles. The number of pyridine rings is 1. The molecule has 0 saturated carbocycles. The van der Waals surface area contributed by atoms with Gasteiger partial charge in [-0.3, -0.25) is 0 Å². The molecule has 3 nitrogen and oxygen atoms in total. The molecule has 3 aromatic rings. The average Bonchev–Trinajstić information content (AvgIpc) is 2.94. The smallest absolute Gasteiger partial charge is 0.231 e. The van der Waals surface area contributed by atoms with Crippen molar-refractivity contribution in [3.05, 3.63) is 54.1 Å². The highest BCUT2D eigenvalue weighted by Crippen LogP contribution is 2.36. The Kier molecular flexibility index (Phi) is 3.43. The highest BCUT2D eigenvalue weighted by Gasteiger charge is 2.14. The third kappa shape index (κ3) is 2.30.